The number of H-pyrrole nitrogens is 1. The van der Waals surface area contributed by atoms with Gasteiger partial charge >= 0.3 is 5.97 Å². The van der Waals surface area contributed by atoms with E-state index in [2.05, 4.69) is 10.3 Å². The van der Waals surface area contributed by atoms with Gasteiger partial charge in [0.2, 0.25) is 0 Å². The molecule has 0 aliphatic heterocycles. The number of aromatic nitrogens is 1. The summed E-state index contributed by atoms with van der Waals surface area (Å²) in [6.45, 7) is 0.474. The van der Waals surface area contributed by atoms with Crippen LogP contribution in [0.3, 0.4) is 0 Å². The van der Waals surface area contributed by atoms with Gasteiger partial charge in [-0.05, 0) is 36.2 Å². The van der Waals surface area contributed by atoms with E-state index in [1.165, 1.54) is 12.1 Å². The molecular formula is C18H17N3O5. The largest absolute Gasteiger partial charge is 0.497 e. The molecule has 0 aliphatic rings. The van der Waals surface area contributed by atoms with Crippen molar-refractivity contribution in [3.63, 3.8) is 0 Å². The minimum absolute atomic E-state index is 0.125. The van der Waals surface area contributed by atoms with Crippen LogP contribution in [-0.4, -0.2) is 34.6 Å². The summed E-state index contributed by atoms with van der Waals surface area (Å²) in [7, 11) is 1.61. The van der Waals surface area contributed by atoms with Crippen LogP contribution >= 0.6 is 0 Å². The Balaban J connectivity index is 1.76. The molecule has 8 heteroatoms. The summed E-state index contributed by atoms with van der Waals surface area (Å²) in [6, 6.07) is 9.50. The first kappa shape index (κ1) is 17.3. The van der Waals surface area contributed by atoms with E-state index < -0.39 is 10.9 Å². The number of non-ortho nitro benzene ring substituents is 1. The lowest BCUT2D eigenvalue weighted by Crippen LogP contribution is -2.10. The zero-order valence-electron chi connectivity index (χ0n) is 14.0. The number of aromatic carboxylic acids is 1. The molecule has 8 nitrogen and oxygen atoms in total. The van der Waals surface area contributed by atoms with Gasteiger partial charge in [0.15, 0.2) is 0 Å². The summed E-state index contributed by atoms with van der Waals surface area (Å²) in [4.78, 5) is 24.7. The average molecular weight is 355 g/mol. The molecular weight excluding hydrogens is 338 g/mol. The van der Waals surface area contributed by atoms with Gasteiger partial charge in [0.25, 0.3) is 5.69 Å². The monoisotopic (exact) mass is 355 g/mol. The van der Waals surface area contributed by atoms with Crippen LogP contribution in [0.25, 0.3) is 10.9 Å². The van der Waals surface area contributed by atoms with Gasteiger partial charge in [0.1, 0.15) is 5.75 Å². The first-order valence-corrected chi connectivity index (χ1v) is 7.89. The first-order valence-electron chi connectivity index (χ1n) is 7.89. The zero-order valence-corrected chi connectivity index (χ0v) is 14.0. The minimum atomic E-state index is -1.21. The van der Waals surface area contributed by atoms with Crippen molar-refractivity contribution >= 4 is 28.2 Å². The third kappa shape index (κ3) is 3.44. The standard InChI is InChI=1S/C18H17N3O5/c1-26-13-3-5-16-14(9-13)11(10-20-16)6-7-19-17-4-2-12(21(24)25)8-15(17)18(22)23/h2-5,8-10,19-20H,6-7H2,1H3,(H,22,23). The molecule has 0 aliphatic carbocycles. The van der Waals surface area contributed by atoms with Crippen molar-refractivity contribution in [3.8, 4) is 5.75 Å². The Morgan fingerprint density at radius 2 is 2.12 bits per heavy atom. The van der Waals surface area contributed by atoms with Crippen LogP contribution in [0, 0.1) is 10.1 Å². The second-order valence-electron chi connectivity index (χ2n) is 5.69. The molecule has 0 fully saturated rings. The van der Waals surface area contributed by atoms with Gasteiger partial charge in [-0.2, -0.15) is 0 Å². The van der Waals surface area contributed by atoms with Crippen molar-refractivity contribution in [1.29, 1.82) is 0 Å². The molecule has 26 heavy (non-hydrogen) atoms. The van der Waals surface area contributed by atoms with Crippen molar-refractivity contribution in [1.82, 2.24) is 4.98 Å². The normalized spacial score (nSPS) is 10.7. The highest BCUT2D eigenvalue weighted by Crippen LogP contribution is 2.25. The summed E-state index contributed by atoms with van der Waals surface area (Å²) in [6.07, 6.45) is 2.54. The maximum absolute atomic E-state index is 11.4. The highest BCUT2D eigenvalue weighted by Gasteiger charge is 2.16. The molecule has 0 radical (unpaired) electrons. The number of nitro groups is 1. The fourth-order valence-electron chi connectivity index (χ4n) is 2.80. The molecule has 3 aromatic rings. The summed E-state index contributed by atoms with van der Waals surface area (Å²) in [5, 5.41) is 24.2. The third-order valence-electron chi connectivity index (χ3n) is 4.13. The van der Waals surface area contributed by atoms with Crippen LogP contribution in [-0.2, 0) is 6.42 Å². The average Bonchev–Trinajstić information content (AvgIpc) is 3.03. The Kier molecular flexibility index (Phi) is 4.74. The predicted octanol–water partition coefficient (Wildman–Crippen LogP) is 3.44. The van der Waals surface area contributed by atoms with E-state index in [1.807, 2.05) is 24.4 Å². The third-order valence-corrected chi connectivity index (χ3v) is 4.13. The molecule has 0 spiro atoms. The molecule has 0 saturated heterocycles. The molecule has 0 unspecified atom stereocenters. The molecule has 0 atom stereocenters. The molecule has 0 amide bonds. The van der Waals surface area contributed by atoms with E-state index in [0.717, 1.165) is 28.3 Å². The van der Waals surface area contributed by atoms with Gasteiger partial charge < -0.3 is 20.1 Å². The number of methoxy groups -OCH3 is 1. The lowest BCUT2D eigenvalue weighted by molar-refractivity contribution is -0.384. The van der Waals surface area contributed by atoms with Crippen molar-refractivity contribution in [3.05, 3.63) is 63.8 Å². The fraction of sp³-hybridized carbons (Fsp3) is 0.167. The highest BCUT2D eigenvalue weighted by atomic mass is 16.6. The van der Waals surface area contributed by atoms with Crippen molar-refractivity contribution in [2.45, 2.75) is 6.42 Å². The molecule has 0 saturated carbocycles. The maximum atomic E-state index is 11.4. The number of carbonyl (C=O) groups is 1. The number of benzene rings is 2. The number of nitrogens with one attached hydrogen (secondary N) is 2. The number of anilines is 1. The van der Waals surface area contributed by atoms with Gasteiger partial charge in [-0.25, -0.2) is 4.79 Å². The summed E-state index contributed by atoms with van der Waals surface area (Å²) in [5.74, 6) is -0.456. The number of aromatic amines is 1. The molecule has 3 rings (SSSR count). The number of hydrogen-bond acceptors (Lipinski definition) is 5. The number of fused-ring (bicyclic) bond motifs is 1. The fourth-order valence-corrected chi connectivity index (χ4v) is 2.80. The molecule has 1 aromatic heterocycles. The van der Waals surface area contributed by atoms with Crippen LogP contribution in [0.4, 0.5) is 11.4 Å². The van der Waals surface area contributed by atoms with Gasteiger partial charge in [0.05, 0.1) is 17.6 Å². The van der Waals surface area contributed by atoms with Crippen molar-refractivity contribution < 1.29 is 19.6 Å². The van der Waals surface area contributed by atoms with Gasteiger partial charge in [-0.15, -0.1) is 0 Å². The van der Waals surface area contributed by atoms with E-state index >= 15 is 0 Å². The van der Waals surface area contributed by atoms with Gasteiger partial charge in [-0.1, -0.05) is 0 Å². The Labute approximate surface area is 148 Å². The highest BCUT2D eigenvalue weighted by molar-refractivity contribution is 5.95. The van der Waals surface area contributed by atoms with E-state index in [1.54, 1.807) is 7.11 Å². The van der Waals surface area contributed by atoms with E-state index in [9.17, 15) is 20.0 Å². The quantitative estimate of drug-likeness (QED) is 0.441. The van der Waals surface area contributed by atoms with E-state index in [-0.39, 0.29) is 11.3 Å². The maximum Gasteiger partial charge on any atom is 0.338 e. The number of carboxylic acid groups (broad SMARTS) is 1. The van der Waals surface area contributed by atoms with Crippen LogP contribution < -0.4 is 10.1 Å². The second-order valence-corrected chi connectivity index (χ2v) is 5.69. The number of carboxylic acids is 1. The van der Waals surface area contributed by atoms with Crippen LogP contribution in [0.2, 0.25) is 0 Å². The number of ether oxygens (including phenoxy) is 1. The predicted molar refractivity (Wildman–Crippen MR) is 97.1 cm³/mol. The Bertz CT molecular complexity index is 980. The topological polar surface area (TPSA) is 117 Å². The Morgan fingerprint density at radius 1 is 1.31 bits per heavy atom. The Hall–Kier alpha value is -3.55. The van der Waals surface area contributed by atoms with Crippen LogP contribution in [0.15, 0.2) is 42.6 Å². The van der Waals surface area contributed by atoms with Crippen LogP contribution in [0.5, 0.6) is 5.75 Å². The Morgan fingerprint density at radius 3 is 2.81 bits per heavy atom. The van der Waals surface area contributed by atoms with E-state index in [0.29, 0.717) is 18.7 Å². The molecule has 2 aromatic carbocycles. The number of rotatable bonds is 7. The second kappa shape index (κ2) is 7.14. The van der Waals surface area contributed by atoms with Crippen LogP contribution in [0.1, 0.15) is 15.9 Å². The zero-order chi connectivity index (χ0) is 18.7. The smallest absolute Gasteiger partial charge is 0.338 e. The molecule has 134 valence electrons. The van der Waals surface area contributed by atoms with Crippen molar-refractivity contribution in [2.24, 2.45) is 0 Å². The minimum Gasteiger partial charge on any atom is -0.497 e. The van der Waals surface area contributed by atoms with Gasteiger partial charge in [-0.3, -0.25) is 10.1 Å². The molecule has 3 N–H and O–H groups in total. The lowest BCUT2D eigenvalue weighted by Gasteiger charge is -2.09. The summed E-state index contributed by atoms with van der Waals surface area (Å²) >= 11 is 0. The summed E-state index contributed by atoms with van der Waals surface area (Å²) < 4.78 is 5.24. The number of nitrogens with zero attached hydrogens (tertiary/aromatic N) is 1. The number of hydrogen-bond donors (Lipinski definition) is 3. The number of nitro benzene ring substituents is 1. The first-order chi connectivity index (χ1) is 12.5. The van der Waals surface area contributed by atoms with E-state index in [4.69, 9.17) is 4.74 Å². The van der Waals surface area contributed by atoms with Gasteiger partial charge in [0, 0.05) is 41.5 Å². The molecule has 1 heterocycles. The molecule has 0 bridgehead atoms. The summed E-state index contributed by atoms with van der Waals surface area (Å²) in [5.41, 5.74) is 2.02. The van der Waals surface area contributed by atoms with Crippen molar-refractivity contribution in [2.75, 3.05) is 19.0 Å². The SMILES string of the molecule is COc1ccc2[nH]cc(CCNc3ccc([N+](=O)[O-])cc3C(=O)O)c2c1. The lowest BCUT2D eigenvalue weighted by atomic mass is 10.1.